The Morgan fingerprint density at radius 3 is 2.56 bits per heavy atom. The van der Waals surface area contributed by atoms with Crippen molar-refractivity contribution in [2.75, 3.05) is 0 Å². The average Bonchev–Trinajstić information content (AvgIpc) is 2.50. The lowest BCUT2D eigenvalue weighted by Crippen LogP contribution is -2.01. The lowest BCUT2D eigenvalue weighted by atomic mass is 10.2. The summed E-state index contributed by atoms with van der Waals surface area (Å²) in [4.78, 5) is 11.3. The normalized spacial score (nSPS) is 10.7. The van der Waals surface area contributed by atoms with Crippen molar-refractivity contribution in [3.05, 3.63) is 56.5 Å². The van der Waals surface area contributed by atoms with Gasteiger partial charge in [0.15, 0.2) is 0 Å². The Morgan fingerprint density at radius 2 is 2.00 bits per heavy atom. The van der Waals surface area contributed by atoms with Gasteiger partial charge in [0, 0.05) is 5.02 Å². The van der Waals surface area contributed by atoms with Crippen molar-refractivity contribution in [3.63, 3.8) is 0 Å². The molecule has 0 spiro atoms. The lowest BCUT2D eigenvalue weighted by Gasteiger charge is -2.05. The van der Waals surface area contributed by atoms with Crippen LogP contribution in [0.3, 0.4) is 0 Å². The summed E-state index contributed by atoms with van der Waals surface area (Å²) in [7, 11) is 0. The van der Waals surface area contributed by atoms with Crippen molar-refractivity contribution in [2.45, 2.75) is 20.4 Å². The molecule has 0 saturated carbocycles. The molecule has 0 aliphatic rings. The van der Waals surface area contributed by atoms with Gasteiger partial charge in [-0.2, -0.15) is 0 Å². The lowest BCUT2D eigenvalue weighted by molar-refractivity contribution is 0.261. The second-order valence-corrected chi connectivity index (χ2v) is 4.12. The fourth-order valence-corrected chi connectivity index (χ4v) is 1.70. The van der Waals surface area contributed by atoms with Crippen LogP contribution in [-0.4, -0.2) is 4.74 Å². The topological polar surface area (TPSA) is 35.1 Å². The zero-order valence-electron chi connectivity index (χ0n) is 9.16. The van der Waals surface area contributed by atoms with Gasteiger partial charge >= 0.3 is 5.63 Å². The van der Waals surface area contributed by atoms with Crippen molar-refractivity contribution >= 4 is 11.6 Å². The van der Waals surface area contributed by atoms with Crippen LogP contribution in [0.4, 0.5) is 0 Å². The van der Waals surface area contributed by atoms with E-state index in [9.17, 15) is 4.79 Å². The molecule has 84 valence electrons. The number of rotatable bonds is 2. The standard InChI is InChI=1S/C12H12ClNO2/c1-8-9(2)14(16-12(8)15)7-10-5-3-4-6-11(10)13/h3-6H,7H2,1-2H3. The zero-order valence-corrected chi connectivity index (χ0v) is 9.91. The van der Waals surface area contributed by atoms with Gasteiger partial charge in [0.1, 0.15) is 0 Å². The van der Waals surface area contributed by atoms with Crippen LogP contribution in [0.5, 0.6) is 0 Å². The van der Waals surface area contributed by atoms with Crippen LogP contribution < -0.4 is 5.63 Å². The second-order valence-electron chi connectivity index (χ2n) is 3.72. The van der Waals surface area contributed by atoms with E-state index < -0.39 is 0 Å². The van der Waals surface area contributed by atoms with Gasteiger partial charge < -0.3 is 4.52 Å². The van der Waals surface area contributed by atoms with Crippen LogP contribution in [0.15, 0.2) is 33.6 Å². The van der Waals surface area contributed by atoms with Gasteiger partial charge in [0.2, 0.25) is 0 Å². The minimum absolute atomic E-state index is 0.287. The van der Waals surface area contributed by atoms with E-state index in [2.05, 4.69) is 0 Å². The van der Waals surface area contributed by atoms with Crippen molar-refractivity contribution in [2.24, 2.45) is 0 Å². The Labute approximate surface area is 98.2 Å². The third kappa shape index (κ3) is 1.91. The van der Waals surface area contributed by atoms with Gasteiger partial charge in [-0.1, -0.05) is 29.8 Å². The largest absolute Gasteiger partial charge is 0.360 e. The number of hydrogen-bond donors (Lipinski definition) is 0. The molecule has 0 radical (unpaired) electrons. The molecule has 1 aromatic heterocycles. The number of aromatic nitrogens is 1. The summed E-state index contributed by atoms with van der Waals surface area (Å²) in [6.45, 7) is 4.09. The molecule has 0 atom stereocenters. The molecule has 0 fully saturated rings. The maximum absolute atomic E-state index is 11.3. The molecule has 0 aliphatic carbocycles. The highest BCUT2D eigenvalue weighted by atomic mass is 35.5. The molecule has 2 rings (SSSR count). The highest BCUT2D eigenvalue weighted by Crippen LogP contribution is 2.17. The summed E-state index contributed by atoms with van der Waals surface area (Å²) < 4.78 is 6.67. The van der Waals surface area contributed by atoms with E-state index in [4.69, 9.17) is 16.1 Å². The Hall–Kier alpha value is -1.48. The minimum atomic E-state index is -0.287. The van der Waals surface area contributed by atoms with Crippen molar-refractivity contribution in [1.29, 1.82) is 0 Å². The van der Waals surface area contributed by atoms with E-state index in [0.717, 1.165) is 11.3 Å². The monoisotopic (exact) mass is 237 g/mol. The number of nitrogens with zero attached hydrogens (tertiary/aromatic N) is 1. The summed E-state index contributed by atoms with van der Waals surface area (Å²) in [5.41, 5.74) is 2.13. The molecule has 0 unspecified atom stereocenters. The smallest absolute Gasteiger partial charge is 0.336 e. The zero-order chi connectivity index (χ0) is 11.7. The summed E-state index contributed by atoms with van der Waals surface area (Å²) in [5.74, 6) is 0. The predicted octanol–water partition coefficient (Wildman–Crippen LogP) is 2.76. The van der Waals surface area contributed by atoms with Crippen LogP contribution in [0, 0.1) is 13.8 Å². The van der Waals surface area contributed by atoms with Crippen LogP contribution in [0.2, 0.25) is 5.02 Å². The van der Waals surface area contributed by atoms with Crippen LogP contribution in [0.1, 0.15) is 16.8 Å². The first kappa shape index (κ1) is 11.0. The summed E-state index contributed by atoms with van der Waals surface area (Å²) in [6, 6.07) is 7.51. The number of halogens is 1. The van der Waals surface area contributed by atoms with Gasteiger partial charge in [0.25, 0.3) is 0 Å². The van der Waals surface area contributed by atoms with Gasteiger partial charge in [-0.25, -0.2) is 9.53 Å². The first-order valence-corrected chi connectivity index (χ1v) is 5.38. The maximum atomic E-state index is 11.3. The first-order valence-electron chi connectivity index (χ1n) is 5.00. The van der Waals surface area contributed by atoms with E-state index >= 15 is 0 Å². The number of benzene rings is 1. The molecule has 2 aromatic rings. The van der Waals surface area contributed by atoms with Gasteiger partial charge in [-0.05, 0) is 25.5 Å². The maximum Gasteiger partial charge on any atom is 0.360 e. The van der Waals surface area contributed by atoms with Crippen LogP contribution in [-0.2, 0) is 6.54 Å². The average molecular weight is 238 g/mol. The molecule has 0 saturated heterocycles. The first-order chi connectivity index (χ1) is 7.59. The quantitative estimate of drug-likeness (QED) is 0.805. The third-order valence-corrected chi connectivity index (χ3v) is 3.06. The van der Waals surface area contributed by atoms with Crippen molar-refractivity contribution < 1.29 is 4.52 Å². The van der Waals surface area contributed by atoms with Gasteiger partial charge in [-0.3, -0.25) is 0 Å². The Morgan fingerprint density at radius 1 is 1.31 bits per heavy atom. The fraction of sp³-hybridized carbons (Fsp3) is 0.250. The molecular formula is C12H12ClNO2. The molecule has 0 bridgehead atoms. The molecule has 1 heterocycles. The minimum Gasteiger partial charge on any atom is -0.336 e. The van der Waals surface area contributed by atoms with E-state index in [1.807, 2.05) is 31.2 Å². The predicted molar refractivity (Wildman–Crippen MR) is 63.0 cm³/mol. The van der Waals surface area contributed by atoms with E-state index in [1.165, 1.54) is 0 Å². The number of hydrogen-bond acceptors (Lipinski definition) is 2. The Bertz CT molecular complexity index is 569. The summed E-state index contributed by atoms with van der Waals surface area (Å²) in [6.07, 6.45) is 0. The highest BCUT2D eigenvalue weighted by molar-refractivity contribution is 6.31. The molecule has 3 nitrogen and oxygen atoms in total. The second kappa shape index (κ2) is 4.18. The van der Waals surface area contributed by atoms with Crippen molar-refractivity contribution in [3.8, 4) is 0 Å². The van der Waals surface area contributed by atoms with Gasteiger partial charge in [-0.15, -0.1) is 0 Å². The van der Waals surface area contributed by atoms with Crippen LogP contribution in [0.25, 0.3) is 0 Å². The van der Waals surface area contributed by atoms with E-state index in [0.29, 0.717) is 17.1 Å². The molecule has 0 N–H and O–H groups in total. The summed E-state index contributed by atoms with van der Waals surface area (Å²) in [5, 5.41) is 0.677. The third-order valence-electron chi connectivity index (χ3n) is 2.69. The summed E-state index contributed by atoms with van der Waals surface area (Å²) >= 11 is 6.04. The van der Waals surface area contributed by atoms with Crippen LogP contribution >= 0.6 is 11.6 Å². The molecule has 0 amide bonds. The highest BCUT2D eigenvalue weighted by Gasteiger charge is 2.10. The van der Waals surface area contributed by atoms with Crippen molar-refractivity contribution in [1.82, 2.24) is 4.74 Å². The molecule has 4 heteroatoms. The Balaban J connectivity index is 2.38. The Kier molecular flexibility index (Phi) is 2.88. The van der Waals surface area contributed by atoms with E-state index in [1.54, 1.807) is 11.7 Å². The SMILES string of the molecule is Cc1c(C)n(Cc2ccccc2Cl)oc1=O. The molecule has 16 heavy (non-hydrogen) atoms. The molecular weight excluding hydrogens is 226 g/mol. The fourth-order valence-electron chi connectivity index (χ4n) is 1.50. The van der Waals surface area contributed by atoms with Gasteiger partial charge in [0.05, 0.1) is 17.8 Å². The molecule has 1 aromatic carbocycles. The molecule has 0 aliphatic heterocycles. The van der Waals surface area contributed by atoms with E-state index in [-0.39, 0.29) is 5.63 Å².